The zero-order chi connectivity index (χ0) is 12.8. The van der Waals surface area contributed by atoms with Crippen LogP contribution < -0.4 is 10.5 Å². The molecule has 0 saturated carbocycles. The number of amides is 1. The molecule has 7 nitrogen and oxygen atoms in total. The van der Waals surface area contributed by atoms with Crippen LogP contribution >= 0.6 is 0 Å². The molecular weight excluding hydrogens is 234 g/mol. The molecule has 8 heteroatoms. The highest BCUT2D eigenvalue weighted by molar-refractivity contribution is 7.87. The highest BCUT2D eigenvalue weighted by Gasteiger charge is 2.19. The van der Waals surface area contributed by atoms with Crippen molar-refractivity contribution < 1.29 is 18.3 Å². The Morgan fingerprint density at radius 2 is 2.12 bits per heavy atom. The van der Waals surface area contributed by atoms with E-state index in [1.165, 1.54) is 7.05 Å². The summed E-state index contributed by atoms with van der Waals surface area (Å²) in [4.78, 5) is 10.5. The molecule has 0 saturated heterocycles. The Morgan fingerprint density at radius 3 is 2.56 bits per heavy atom. The van der Waals surface area contributed by atoms with Crippen molar-refractivity contribution >= 4 is 16.1 Å². The van der Waals surface area contributed by atoms with Crippen LogP contribution in [0.5, 0.6) is 0 Å². The molecule has 0 aliphatic rings. The van der Waals surface area contributed by atoms with Gasteiger partial charge in [-0.05, 0) is 6.42 Å². The normalized spacial score (nSPS) is 14.0. The summed E-state index contributed by atoms with van der Waals surface area (Å²) in [6.07, 6.45) is 0.119. The fourth-order valence-electron chi connectivity index (χ4n) is 0.896. The summed E-state index contributed by atoms with van der Waals surface area (Å²) in [6.45, 7) is 1.93. The Morgan fingerprint density at radius 1 is 1.56 bits per heavy atom. The van der Waals surface area contributed by atoms with Crippen molar-refractivity contribution in [1.29, 1.82) is 0 Å². The lowest BCUT2D eigenvalue weighted by molar-refractivity contribution is -0.125. The van der Waals surface area contributed by atoms with Gasteiger partial charge in [0.25, 0.3) is 10.2 Å². The van der Waals surface area contributed by atoms with E-state index < -0.39 is 28.8 Å². The molecular formula is C8H19N3O4S. The second kappa shape index (κ2) is 6.79. The molecule has 0 heterocycles. The Labute approximate surface area is 95.8 Å². The number of hydrogen-bond acceptors (Lipinski definition) is 4. The first-order chi connectivity index (χ1) is 7.31. The van der Waals surface area contributed by atoms with Crippen molar-refractivity contribution in [2.24, 2.45) is 5.73 Å². The van der Waals surface area contributed by atoms with Crippen molar-refractivity contribution in [3.8, 4) is 0 Å². The molecule has 96 valence electrons. The quantitative estimate of drug-likeness (QED) is 0.483. The summed E-state index contributed by atoms with van der Waals surface area (Å²) >= 11 is 0. The van der Waals surface area contributed by atoms with Crippen LogP contribution in [0.1, 0.15) is 19.8 Å². The van der Waals surface area contributed by atoms with Gasteiger partial charge < -0.3 is 10.8 Å². The molecule has 4 N–H and O–H groups in total. The van der Waals surface area contributed by atoms with Gasteiger partial charge in [0.2, 0.25) is 5.91 Å². The van der Waals surface area contributed by atoms with Crippen LogP contribution in [-0.2, 0) is 15.0 Å². The van der Waals surface area contributed by atoms with E-state index in [1.807, 2.05) is 6.92 Å². The van der Waals surface area contributed by atoms with Gasteiger partial charge in [-0.15, -0.1) is 0 Å². The van der Waals surface area contributed by atoms with Gasteiger partial charge in [0.1, 0.15) is 6.10 Å². The van der Waals surface area contributed by atoms with Crippen molar-refractivity contribution in [2.45, 2.75) is 25.9 Å². The molecule has 0 aliphatic heterocycles. The third-order valence-corrected chi connectivity index (χ3v) is 3.56. The van der Waals surface area contributed by atoms with E-state index in [-0.39, 0.29) is 0 Å². The van der Waals surface area contributed by atoms with E-state index in [2.05, 4.69) is 4.72 Å². The molecule has 0 fully saturated rings. The standard InChI is InChI=1S/C8H19N3O4S/c1-3-4-5-11(2)16(14,15)10-6-7(12)8(9)13/h7,10,12H,3-6H2,1-2H3,(H2,9,13). The number of nitrogens with two attached hydrogens (primary N) is 1. The number of rotatable bonds is 8. The van der Waals surface area contributed by atoms with Crippen LogP contribution in [0.15, 0.2) is 0 Å². The van der Waals surface area contributed by atoms with Crippen LogP contribution in [0.3, 0.4) is 0 Å². The van der Waals surface area contributed by atoms with Crippen molar-refractivity contribution in [1.82, 2.24) is 9.03 Å². The number of carbonyl (C=O) groups excluding carboxylic acids is 1. The third-order valence-electron chi connectivity index (χ3n) is 2.02. The first kappa shape index (κ1) is 15.3. The number of primary amides is 1. The highest BCUT2D eigenvalue weighted by Crippen LogP contribution is 1.97. The average molecular weight is 253 g/mol. The van der Waals surface area contributed by atoms with Crippen LogP contribution in [0.4, 0.5) is 0 Å². The molecule has 1 amide bonds. The predicted molar refractivity (Wildman–Crippen MR) is 59.7 cm³/mol. The molecule has 0 aromatic carbocycles. The van der Waals surface area contributed by atoms with Gasteiger partial charge in [-0.25, -0.2) is 0 Å². The van der Waals surface area contributed by atoms with Gasteiger partial charge in [-0.2, -0.15) is 17.4 Å². The Balaban J connectivity index is 4.19. The van der Waals surface area contributed by atoms with E-state index in [9.17, 15) is 13.2 Å². The summed E-state index contributed by atoms with van der Waals surface area (Å²) in [7, 11) is -2.22. The Hall–Kier alpha value is -0.700. The number of aliphatic hydroxyl groups is 1. The van der Waals surface area contributed by atoms with Gasteiger partial charge in [0, 0.05) is 20.1 Å². The van der Waals surface area contributed by atoms with E-state index in [1.54, 1.807) is 0 Å². The number of unbranched alkanes of at least 4 members (excludes halogenated alkanes) is 1. The van der Waals surface area contributed by atoms with Gasteiger partial charge >= 0.3 is 0 Å². The number of hydrogen-bond donors (Lipinski definition) is 3. The second-order valence-corrected chi connectivity index (χ2v) is 5.31. The van der Waals surface area contributed by atoms with E-state index in [0.717, 1.165) is 17.1 Å². The predicted octanol–water partition coefficient (Wildman–Crippen LogP) is -1.60. The molecule has 16 heavy (non-hydrogen) atoms. The van der Waals surface area contributed by atoms with Crippen molar-refractivity contribution in [3.63, 3.8) is 0 Å². The number of aliphatic hydroxyl groups excluding tert-OH is 1. The van der Waals surface area contributed by atoms with Gasteiger partial charge in [-0.3, -0.25) is 4.79 Å². The van der Waals surface area contributed by atoms with E-state index in [0.29, 0.717) is 6.54 Å². The lowest BCUT2D eigenvalue weighted by Gasteiger charge is -2.18. The summed E-state index contributed by atoms with van der Waals surface area (Å²) in [5, 5.41) is 9.03. The molecule has 0 bridgehead atoms. The molecule has 1 atom stereocenters. The number of carbonyl (C=O) groups is 1. The maximum atomic E-state index is 11.5. The molecule has 1 unspecified atom stereocenters. The first-order valence-corrected chi connectivity index (χ1v) is 6.43. The third kappa shape index (κ3) is 5.40. The molecule has 0 rings (SSSR count). The van der Waals surface area contributed by atoms with Gasteiger partial charge in [-0.1, -0.05) is 13.3 Å². The zero-order valence-corrected chi connectivity index (χ0v) is 10.3. The van der Waals surface area contributed by atoms with Crippen LogP contribution in [0.25, 0.3) is 0 Å². The topological polar surface area (TPSA) is 113 Å². The van der Waals surface area contributed by atoms with E-state index in [4.69, 9.17) is 10.8 Å². The smallest absolute Gasteiger partial charge is 0.279 e. The summed E-state index contributed by atoms with van der Waals surface area (Å²) < 4.78 is 26.3. The molecule has 0 aliphatic carbocycles. The minimum absolute atomic E-state index is 0.387. The van der Waals surface area contributed by atoms with Gasteiger partial charge in [0.15, 0.2) is 0 Å². The van der Waals surface area contributed by atoms with Crippen molar-refractivity contribution in [2.75, 3.05) is 20.1 Å². The zero-order valence-electron chi connectivity index (χ0n) is 9.51. The minimum atomic E-state index is -3.65. The van der Waals surface area contributed by atoms with Crippen LogP contribution in [0, 0.1) is 0 Å². The highest BCUT2D eigenvalue weighted by atomic mass is 32.2. The van der Waals surface area contributed by atoms with Gasteiger partial charge in [0.05, 0.1) is 0 Å². The van der Waals surface area contributed by atoms with Crippen LogP contribution in [0.2, 0.25) is 0 Å². The first-order valence-electron chi connectivity index (χ1n) is 4.99. The minimum Gasteiger partial charge on any atom is -0.382 e. The summed E-state index contributed by atoms with van der Waals surface area (Å²) in [6, 6.07) is 0. The molecule has 0 aromatic heterocycles. The van der Waals surface area contributed by atoms with Crippen molar-refractivity contribution in [3.05, 3.63) is 0 Å². The maximum Gasteiger partial charge on any atom is 0.279 e. The molecule has 0 aromatic rings. The monoisotopic (exact) mass is 253 g/mol. The average Bonchev–Trinajstić information content (AvgIpc) is 2.22. The van der Waals surface area contributed by atoms with Crippen LogP contribution in [-0.4, -0.2) is 50.0 Å². The largest absolute Gasteiger partial charge is 0.382 e. The SMILES string of the molecule is CCCCN(C)S(=O)(=O)NCC(O)C(N)=O. The number of nitrogens with zero attached hydrogens (tertiary/aromatic N) is 1. The molecule has 0 spiro atoms. The maximum absolute atomic E-state index is 11.5. The van der Waals surface area contributed by atoms with E-state index >= 15 is 0 Å². The Kier molecular flexibility index (Phi) is 6.49. The fourth-order valence-corrected chi connectivity index (χ4v) is 1.85. The summed E-state index contributed by atoms with van der Waals surface area (Å²) in [5.41, 5.74) is 4.78. The lowest BCUT2D eigenvalue weighted by atomic mass is 10.3. The second-order valence-electron chi connectivity index (χ2n) is 3.45. The molecule has 0 radical (unpaired) electrons. The number of nitrogens with one attached hydrogen (secondary N) is 1. The fraction of sp³-hybridized carbons (Fsp3) is 0.875. The summed E-state index contributed by atoms with van der Waals surface area (Å²) in [5.74, 6) is -0.959. The Bertz CT molecular complexity index is 317. The lowest BCUT2D eigenvalue weighted by Crippen LogP contribution is -2.45.